The van der Waals surface area contributed by atoms with Crippen molar-refractivity contribution in [3.05, 3.63) is 34.9 Å². The van der Waals surface area contributed by atoms with Crippen LogP contribution in [0.15, 0.2) is 29.4 Å². The van der Waals surface area contributed by atoms with Crippen molar-refractivity contribution >= 4 is 29.3 Å². The van der Waals surface area contributed by atoms with Gasteiger partial charge in [-0.05, 0) is 47.4 Å². The first-order chi connectivity index (χ1) is 12.2. The summed E-state index contributed by atoms with van der Waals surface area (Å²) in [5.74, 6) is 0.266. The molecule has 0 spiro atoms. The predicted octanol–water partition coefficient (Wildman–Crippen LogP) is 3.80. The topological polar surface area (TPSA) is 72.7 Å². The number of benzene rings is 1. The molecule has 25 heavy (non-hydrogen) atoms. The second-order valence-corrected chi connectivity index (χ2v) is 7.60. The second kappa shape index (κ2) is 8.67. The third-order valence-electron chi connectivity index (χ3n) is 4.46. The van der Waals surface area contributed by atoms with Crippen LogP contribution in [0.4, 0.5) is 0 Å². The highest BCUT2D eigenvalue weighted by Crippen LogP contribution is 2.31. The lowest BCUT2D eigenvalue weighted by Gasteiger charge is -2.17. The predicted molar refractivity (Wildman–Crippen MR) is 98.7 cm³/mol. The second-order valence-electron chi connectivity index (χ2n) is 6.22. The van der Waals surface area contributed by atoms with E-state index < -0.39 is 0 Å². The summed E-state index contributed by atoms with van der Waals surface area (Å²) in [6.07, 6.45) is 5.45. The maximum absolute atomic E-state index is 12.4. The van der Waals surface area contributed by atoms with E-state index in [2.05, 4.69) is 20.8 Å². The molecular weight excluding hydrogens is 358 g/mol. The zero-order valence-corrected chi connectivity index (χ0v) is 15.8. The molecule has 8 heteroatoms. The van der Waals surface area contributed by atoms with Crippen LogP contribution in [-0.4, -0.2) is 31.9 Å². The van der Waals surface area contributed by atoms with Gasteiger partial charge in [0.25, 0.3) is 0 Å². The molecule has 1 aliphatic rings. The first-order valence-electron chi connectivity index (χ1n) is 8.63. The van der Waals surface area contributed by atoms with E-state index in [0.29, 0.717) is 16.8 Å². The van der Waals surface area contributed by atoms with Crippen LogP contribution in [0.2, 0.25) is 5.02 Å². The summed E-state index contributed by atoms with van der Waals surface area (Å²) in [6, 6.07) is 7.93. The summed E-state index contributed by atoms with van der Waals surface area (Å²) < 4.78 is 1.87. The minimum atomic E-state index is -0.0439. The number of nitrogens with one attached hydrogen (secondary N) is 1. The Morgan fingerprint density at radius 2 is 2.24 bits per heavy atom. The van der Waals surface area contributed by atoms with E-state index >= 15 is 0 Å². The van der Waals surface area contributed by atoms with Crippen LogP contribution in [0, 0.1) is 0 Å². The lowest BCUT2D eigenvalue weighted by Crippen LogP contribution is -2.29. The third kappa shape index (κ3) is 4.73. The largest absolute Gasteiger partial charge is 0.349 e. The molecule has 0 radical (unpaired) electrons. The van der Waals surface area contributed by atoms with Gasteiger partial charge in [-0.1, -0.05) is 55.3 Å². The SMILES string of the molecule is CCC(NC(=O)CSc1nnnn1C1CCCC1)c1cccc(Cl)c1. The highest BCUT2D eigenvalue weighted by Gasteiger charge is 2.22. The van der Waals surface area contributed by atoms with Gasteiger partial charge in [-0.25, -0.2) is 4.68 Å². The normalized spacial score (nSPS) is 16.1. The van der Waals surface area contributed by atoms with Crippen LogP contribution in [-0.2, 0) is 4.79 Å². The summed E-state index contributed by atoms with van der Waals surface area (Å²) in [7, 11) is 0. The van der Waals surface area contributed by atoms with Gasteiger partial charge >= 0.3 is 0 Å². The summed E-state index contributed by atoms with van der Waals surface area (Å²) in [4.78, 5) is 12.4. The lowest BCUT2D eigenvalue weighted by molar-refractivity contribution is -0.119. The van der Waals surface area contributed by atoms with Crippen LogP contribution in [0.25, 0.3) is 0 Å². The number of hydrogen-bond acceptors (Lipinski definition) is 5. The molecule has 134 valence electrons. The smallest absolute Gasteiger partial charge is 0.230 e. The van der Waals surface area contributed by atoms with E-state index in [1.165, 1.54) is 24.6 Å². The van der Waals surface area contributed by atoms with Crippen molar-refractivity contribution in [3.63, 3.8) is 0 Å². The van der Waals surface area contributed by atoms with Crippen molar-refractivity contribution in [3.8, 4) is 0 Å². The molecule has 3 rings (SSSR count). The van der Waals surface area contributed by atoms with Crippen molar-refractivity contribution in [2.75, 3.05) is 5.75 Å². The number of thioether (sulfide) groups is 1. The van der Waals surface area contributed by atoms with Gasteiger partial charge < -0.3 is 5.32 Å². The Kier molecular flexibility index (Phi) is 6.31. The van der Waals surface area contributed by atoms with Gasteiger partial charge in [-0.3, -0.25) is 4.79 Å². The summed E-state index contributed by atoms with van der Waals surface area (Å²) in [5, 5.41) is 16.4. The summed E-state index contributed by atoms with van der Waals surface area (Å²) in [6.45, 7) is 2.04. The molecule has 1 aromatic heterocycles. The van der Waals surface area contributed by atoms with Crippen LogP contribution >= 0.6 is 23.4 Å². The minimum absolute atomic E-state index is 0.0298. The Bertz CT molecular complexity index is 717. The highest BCUT2D eigenvalue weighted by molar-refractivity contribution is 7.99. The Labute approximate surface area is 156 Å². The number of carbonyl (C=O) groups excluding carboxylic acids is 1. The molecular formula is C17H22ClN5OS. The number of tetrazole rings is 1. The molecule has 0 aliphatic heterocycles. The van der Waals surface area contributed by atoms with Crippen molar-refractivity contribution in [1.29, 1.82) is 0 Å². The van der Waals surface area contributed by atoms with E-state index in [4.69, 9.17) is 11.6 Å². The van der Waals surface area contributed by atoms with Crippen molar-refractivity contribution in [2.45, 2.75) is 56.3 Å². The van der Waals surface area contributed by atoms with Crippen molar-refractivity contribution in [1.82, 2.24) is 25.5 Å². The fourth-order valence-electron chi connectivity index (χ4n) is 3.17. The van der Waals surface area contributed by atoms with Gasteiger partial charge in [-0.15, -0.1) is 5.10 Å². The quantitative estimate of drug-likeness (QED) is 0.740. The van der Waals surface area contributed by atoms with E-state index in [1.54, 1.807) is 0 Å². The van der Waals surface area contributed by atoms with E-state index in [-0.39, 0.29) is 11.9 Å². The molecule has 2 aromatic rings. The molecule has 1 unspecified atom stereocenters. The van der Waals surface area contributed by atoms with Crippen molar-refractivity contribution < 1.29 is 4.79 Å². The fraction of sp³-hybridized carbons (Fsp3) is 0.529. The minimum Gasteiger partial charge on any atom is -0.349 e. The first-order valence-corrected chi connectivity index (χ1v) is 9.99. The molecule has 1 atom stereocenters. The van der Waals surface area contributed by atoms with E-state index in [9.17, 15) is 4.79 Å². The Hall–Kier alpha value is -1.60. The molecule has 0 bridgehead atoms. The number of halogens is 1. The molecule has 0 saturated heterocycles. The number of amides is 1. The average molecular weight is 380 g/mol. The van der Waals surface area contributed by atoms with E-state index in [0.717, 1.165) is 30.0 Å². The fourth-order valence-corrected chi connectivity index (χ4v) is 4.12. The number of hydrogen-bond donors (Lipinski definition) is 1. The maximum atomic E-state index is 12.4. The number of aromatic nitrogens is 4. The zero-order valence-electron chi connectivity index (χ0n) is 14.2. The van der Waals surface area contributed by atoms with Crippen molar-refractivity contribution in [2.24, 2.45) is 0 Å². The summed E-state index contributed by atoms with van der Waals surface area (Å²) >= 11 is 7.44. The van der Waals surface area contributed by atoms with Gasteiger partial charge in [0.1, 0.15) is 0 Å². The molecule has 1 aliphatic carbocycles. The van der Waals surface area contributed by atoms with E-state index in [1.807, 2.05) is 35.9 Å². The molecule has 1 aromatic carbocycles. The molecule has 6 nitrogen and oxygen atoms in total. The van der Waals surface area contributed by atoms with Crippen LogP contribution in [0.3, 0.4) is 0 Å². The third-order valence-corrected chi connectivity index (χ3v) is 5.63. The Balaban J connectivity index is 1.56. The molecule has 1 heterocycles. The number of rotatable bonds is 7. The standard InChI is InChI=1S/C17H22ClN5OS/c1-2-15(12-6-5-7-13(18)10-12)19-16(24)11-25-17-20-21-22-23(17)14-8-3-4-9-14/h5-7,10,14-15H,2-4,8-9,11H2,1H3,(H,19,24). The lowest BCUT2D eigenvalue weighted by atomic mass is 10.0. The Morgan fingerprint density at radius 1 is 1.44 bits per heavy atom. The van der Waals surface area contributed by atoms with Gasteiger partial charge in [0.2, 0.25) is 11.1 Å². The summed E-state index contributed by atoms with van der Waals surface area (Å²) in [5.41, 5.74) is 1.02. The maximum Gasteiger partial charge on any atom is 0.230 e. The van der Waals surface area contributed by atoms with Gasteiger partial charge in [-0.2, -0.15) is 0 Å². The van der Waals surface area contributed by atoms with Gasteiger partial charge in [0.15, 0.2) is 0 Å². The van der Waals surface area contributed by atoms with Gasteiger partial charge in [0.05, 0.1) is 17.8 Å². The van der Waals surface area contributed by atoms with Crippen LogP contribution < -0.4 is 5.32 Å². The van der Waals surface area contributed by atoms with Gasteiger partial charge in [0, 0.05) is 5.02 Å². The monoisotopic (exact) mass is 379 g/mol. The highest BCUT2D eigenvalue weighted by atomic mass is 35.5. The molecule has 1 fully saturated rings. The first kappa shape index (κ1) is 18.2. The Morgan fingerprint density at radius 3 is 2.96 bits per heavy atom. The molecule has 1 amide bonds. The average Bonchev–Trinajstić information content (AvgIpc) is 3.28. The van der Waals surface area contributed by atoms with Crippen LogP contribution in [0.5, 0.6) is 0 Å². The molecule has 1 saturated carbocycles. The number of carbonyl (C=O) groups is 1. The zero-order chi connectivity index (χ0) is 17.6. The van der Waals surface area contributed by atoms with Crippen LogP contribution in [0.1, 0.15) is 56.7 Å². The number of nitrogens with zero attached hydrogens (tertiary/aromatic N) is 4. The molecule has 1 N–H and O–H groups in total.